The first-order valence-electron chi connectivity index (χ1n) is 11.4. The highest BCUT2D eigenvalue weighted by molar-refractivity contribution is 6.34. The van der Waals surface area contributed by atoms with Crippen LogP contribution < -0.4 is 9.80 Å². The fourth-order valence-corrected chi connectivity index (χ4v) is 4.29. The topological polar surface area (TPSA) is 63.2 Å². The van der Waals surface area contributed by atoms with Gasteiger partial charge < -0.3 is 19.8 Å². The number of carbonyl (C=O) groups is 1. The number of carbonyl (C=O) groups excluding carboxylic acids is 1. The quantitative estimate of drug-likeness (QED) is 0.318. The number of phenolic OH excluding ortho intramolecular Hbond substituents is 1. The number of anilines is 2. The minimum absolute atomic E-state index is 0.0859. The van der Waals surface area contributed by atoms with Crippen molar-refractivity contribution in [3.05, 3.63) is 59.6 Å². The van der Waals surface area contributed by atoms with Crippen LogP contribution >= 0.6 is 11.6 Å². The third kappa shape index (κ3) is 5.54. The minimum atomic E-state index is -0.505. The SMILES string of the molecule is CN(C)C#CN(C=O)c1ccc(-c2cc(F)cc(-c3cncc(N4CCN(C)CC4)c3)c2O)cc1Cl. The summed E-state index contributed by atoms with van der Waals surface area (Å²) in [5.41, 5.74) is 3.02. The van der Waals surface area contributed by atoms with E-state index in [0.717, 1.165) is 31.9 Å². The maximum absolute atomic E-state index is 14.8. The molecule has 0 radical (unpaired) electrons. The summed E-state index contributed by atoms with van der Waals surface area (Å²) < 4.78 is 14.8. The number of amides is 1. The number of piperazine rings is 1. The summed E-state index contributed by atoms with van der Waals surface area (Å²) in [5, 5.41) is 11.4. The van der Waals surface area contributed by atoms with Crippen LogP contribution in [0.2, 0.25) is 5.02 Å². The summed E-state index contributed by atoms with van der Waals surface area (Å²) in [7, 11) is 5.59. The maximum Gasteiger partial charge on any atom is 0.226 e. The fraction of sp³-hybridized carbons (Fsp3) is 0.259. The Hall–Kier alpha value is -3.80. The predicted molar refractivity (Wildman–Crippen MR) is 141 cm³/mol. The molecule has 0 bridgehead atoms. The molecule has 1 N–H and O–H groups in total. The van der Waals surface area contributed by atoms with Crippen LogP contribution in [-0.4, -0.2) is 73.6 Å². The molecule has 1 aromatic heterocycles. The molecule has 0 saturated carbocycles. The molecule has 9 heteroatoms. The van der Waals surface area contributed by atoms with Gasteiger partial charge in [0.2, 0.25) is 6.41 Å². The van der Waals surface area contributed by atoms with E-state index in [9.17, 15) is 14.3 Å². The zero-order valence-electron chi connectivity index (χ0n) is 20.4. The van der Waals surface area contributed by atoms with Crippen molar-refractivity contribution in [2.45, 2.75) is 0 Å². The highest BCUT2D eigenvalue weighted by Crippen LogP contribution is 2.41. The maximum atomic E-state index is 14.8. The first-order valence-corrected chi connectivity index (χ1v) is 11.8. The molecular formula is C27H27ClFN5O2. The largest absolute Gasteiger partial charge is 0.507 e. The first kappa shape index (κ1) is 25.3. The third-order valence-electron chi connectivity index (χ3n) is 6.00. The Kier molecular flexibility index (Phi) is 7.63. The van der Waals surface area contributed by atoms with Gasteiger partial charge in [0.1, 0.15) is 11.6 Å². The van der Waals surface area contributed by atoms with Gasteiger partial charge in [0, 0.05) is 75.3 Å². The van der Waals surface area contributed by atoms with Gasteiger partial charge in [-0.3, -0.25) is 9.78 Å². The van der Waals surface area contributed by atoms with Gasteiger partial charge in [-0.25, -0.2) is 9.29 Å². The molecule has 1 aliphatic heterocycles. The van der Waals surface area contributed by atoms with Gasteiger partial charge in [-0.2, -0.15) is 0 Å². The van der Waals surface area contributed by atoms with Crippen LogP contribution in [0.15, 0.2) is 48.8 Å². The Balaban J connectivity index is 1.70. The van der Waals surface area contributed by atoms with Gasteiger partial charge in [0.15, 0.2) is 0 Å². The lowest BCUT2D eigenvalue weighted by molar-refractivity contribution is -0.106. The van der Waals surface area contributed by atoms with Crippen LogP contribution in [0.5, 0.6) is 5.75 Å². The highest BCUT2D eigenvalue weighted by atomic mass is 35.5. The van der Waals surface area contributed by atoms with E-state index in [1.807, 2.05) is 6.07 Å². The van der Waals surface area contributed by atoms with Gasteiger partial charge >= 0.3 is 0 Å². The zero-order valence-corrected chi connectivity index (χ0v) is 21.1. The van der Waals surface area contributed by atoms with Crippen LogP contribution in [0, 0.1) is 17.9 Å². The van der Waals surface area contributed by atoms with E-state index in [4.69, 9.17) is 11.6 Å². The summed E-state index contributed by atoms with van der Waals surface area (Å²) in [5.74, 6) is -0.591. The molecule has 0 unspecified atom stereocenters. The number of pyridine rings is 1. The van der Waals surface area contributed by atoms with Crippen molar-refractivity contribution in [1.29, 1.82) is 0 Å². The van der Waals surface area contributed by atoms with Gasteiger partial charge in [-0.15, -0.1) is 0 Å². The molecule has 1 amide bonds. The van der Waals surface area contributed by atoms with Crippen LogP contribution in [0.25, 0.3) is 22.3 Å². The van der Waals surface area contributed by atoms with Gasteiger partial charge in [-0.05, 0) is 42.9 Å². The average molecular weight is 508 g/mol. The summed E-state index contributed by atoms with van der Waals surface area (Å²) in [6.07, 6.45) is 3.96. The lowest BCUT2D eigenvalue weighted by Gasteiger charge is -2.34. The van der Waals surface area contributed by atoms with Gasteiger partial charge in [-0.1, -0.05) is 17.7 Å². The van der Waals surface area contributed by atoms with E-state index >= 15 is 0 Å². The molecule has 4 rings (SSSR count). The third-order valence-corrected chi connectivity index (χ3v) is 6.30. The molecule has 2 heterocycles. The number of benzene rings is 2. The number of hydrogen-bond acceptors (Lipinski definition) is 6. The van der Waals surface area contributed by atoms with Crippen LogP contribution in [0.3, 0.4) is 0 Å². The monoisotopic (exact) mass is 507 g/mol. The molecule has 0 aliphatic carbocycles. The Morgan fingerprint density at radius 2 is 1.72 bits per heavy atom. The van der Waals surface area contributed by atoms with E-state index in [-0.39, 0.29) is 16.3 Å². The van der Waals surface area contributed by atoms with Crippen molar-refractivity contribution in [3.8, 4) is 40.1 Å². The lowest BCUT2D eigenvalue weighted by Crippen LogP contribution is -2.44. The Bertz CT molecular complexity index is 1330. The number of likely N-dealkylation sites (N-methyl/N-ethyl adjacent to an activating group) is 1. The number of halogens is 2. The van der Waals surface area contributed by atoms with E-state index in [0.29, 0.717) is 28.8 Å². The molecule has 1 fully saturated rings. The van der Waals surface area contributed by atoms with Gasteiger partial charge in [0.25, 0.3) is 0 Å². The molecule has 0 atom stereocenters. The Morgan fingerprint density at radius 1 is 1.03 bits per heavy atom. The van der Waals surface area contributed by atoms with E-state index in [2.05, 4.69) is 33.9 Å². The van der Waals surface area contributed by atoms with E-state index in [1.165, 1.54) is 17.0 Å². The number of hydrogen-bond donors (Lipinski definition) is 1. The Morgan fingerprint density at radius 3 is 2.36 bits per heavy atom. The van der Waals surface area contributed by atoms with Crippen molar-refractivity contribution in [1.82, 2.24) is 14.8 Å². The molecule has 2 aromatic carbocycles. The van der Waals surface area contributed by atoms with Crippen molar-refractivity contribution in [2.24, 2.45) is 0 Å². The number of rotatable bonds is 5. The molecular weight excluding hydrogens is 481 g/mol. The minimum Gasteiger partial charge on any atom is -0.507 e. The van der Waals surface area contributed by atoms with Crippen LogP contribution in [0.1, 0.15) is 0 Å². The average Bonchev–Trinajstić information content (AvgIpc) is 2.86. The van der Waals surface area contributed by atoms with E-state index in [1.54, 1.807) is 49.6 Å². The molecule has 0 spiro atoms. The summed E-state index contributed by atoms with van der Waals surface area (Å²) in [4.78, 5) is 23.1. The molecule has 36 heavy (non-hydrogen) atoms. The number of nitrogens with zero attached hydrogens (tertiary/aromatic N) is 5. The molecule has 3 aromatic rings. The predicted octanol–water partition coefficient (Wildman–Crippen LogP) is 4.11. The lowest BCUT2D eigenvalue weighted by atomic mass is 9.97. The fourth-order valence-electron chi connectivity index (χ4n) is 4.02. The van der Waals surface area contributed by atoms with Crippen molar-refractivity contribution in [2.75, 3.05) is 57.1 Å². The molecule has 1 aliphatic rings. The van der Waals surface area contributed by atoms with Crippen molar-refractivity contribution in [3.63, 3.8) is 0 Å². The number of phenols is 1. The first-order chi connectivity index (χ1) is 17.3. The van der Waals surface area contributed by atoms with Crippen molar-refractivity contribution >= 4 is 29.4 Å². The van der Waals surface area contributed by atoms with Crippen LogP contribution in [-0.2, 0) is 4.79 Å². The number of aromatic nitrogens is 1. The zero-order chi connectivity index (χ0) is 25.8. The smallest absolute Gasteiger partial charge is 0.226 e. The summed E-state index contributed by atoms with van der Waals surface area (Å²) in [6.45, 7) is 3.62. The standard InChI is InChI=1S/C27H27ClFN5O2/c1-31(2)6-9-34(18-35)26-5-4-19(13-25(26)28)23-14-21(29)15-24(27(23)36)20-12-22(17-30-16-20)33-10-7-32(3)8-11-33/h4-5,12-18,36H,7-8,10-11H2,1-3H3. The summed E-state index contributed by atoms with van der Waals surface area (Å²) in [6, 6.07) is 14.8. The van der Waals surface area contributed by atoms with Gasteiger partial charge in [0.05, 0.1) is 22.6 Å². The second-order valence-electron chi connectivity index (χ2n) is 8.83. The van der Waals surface area contributed by atoms with E-state index < -0.39 is 5.82 Å². The summed E-state index contributed by atoms with van der Waals surface area (Å²) >= 11 is 6.46. The Labute approximate surface area is 215 Å². The highest BCUT2D eigenvalue weighted by Gasteiger charge is 2.19. The van der Waals surface area contributed by atoms with Crippen molar-refractivity contribution < 1.29 is 14.3 Å². The normalized spacial score (nSPS) is 13.6. The van der Waals surface area contributed by atoms with Crippen LogP contribution in [0.4, 0.5) is 15.8 Å². The molecule has 186 valence electrons. The molecule has 7 nitrogen and oxygen atoms in total. The molecule has 1 saturated heterocycles. The second-order valence-corrected chi connectivity index (χ2v) is 9.24. The number of aromatic hydroxyl groups is 1. The second kappa shape index (κ2) is 10.9.